The van der Waals surface area contributed by atoms with E-state index >= 15 is 0 Å². The Morgan fingerprint density at radius 2 is 1.76 bits per heavy atom. The van der Waals surface area contributed by atoms with Gasteiger partial charge in [0.25, 0.3) is 0 Å². The number of benzene rings is 2. The van der Waals surface area contributed by atoms with E-state index in [1.807, 2.05) is 32.0 Å². The van der Waals surface area contributed by atoms with Gasteiger partial charge in [-0.3, -0.25) is 9.59 Å². The molecule has 0 aliphatic rings. The van der Waals surface area contributed by atoms with Crippen molar-refractivity contribution in [1.82, 2.24) is 10.2 Å². The van der Waals surface area contributed by atoms with Crippen LogP contribution in [-0.4, -0.2) is 36.3 Å². The van der Waals surface area contributed by atoms with Crippen LogP contribution in [0.4, 0.5) is 10.5 Å². The molecule has 0 saturated heterocycles. The summed E-state index contributed by atoms with van der Waals surface area (Å²) in [6.45, 7) is 3.77. The Labute approximate surface area is 175 Å². The van der Waals surface area contributed by atoms with Gasteiger partial charge in [-0.25, -0.2) is 4.79 Å². The van der Waals surface area contributed by atoms with Gasteiger partial charge in [-0.05, 0) is 48.7 Å². The molecule has 0 unspecified atom stereocenters. The van der Waals surface area contributed by atoms with Crippen LogP contribution < -0.4 is 16.4 Å². The minimum absolute atomic E-state index is 0.0438. The number of anilines is 1. The van der Waals surface area contributed by atoms with Crippen molar-refractivity contribution in [2.45, 2.75) is 26.3 Å². The van der Waals surface area contributed by atoms with Gasteiger partial charge in [0.15, 0.2) is 0 Å². The monoisotopic (exact) mass is 416 g/mol. The Hall–Kier alpha value is -3.06. The number of rotatable bonds is 7. The third-order valence-corrected chi connectivity index (χ3v) is 4.90. The number of nitrogens with one attached hydrogen (secondary N) is 2. The highest BCUT2D eigenvalue weighted by Crippen LogP contribution is 2.21. The van der Waals surface area contributed by atoms with Crippen molar-refractivity contribution >= 4 is 35.1 Å². The summed E-state index contributed by atoms with van der Waals surface area (Å²) in [4.78, 5) is 37.6. The highest BCUT2D eigenvalue weighted by molar-refractivity contribution is 6.30. The largest absolute Gasteiger partial charge is 0.352 e. The molecule has 7 nitrogen and oxygen atoms in total. The molecule has 0 aliphatic heterocycles. The van der Waals surface area contributed by atoms with Gasteiger partial charge in [0, 0.05) is 17.8 Å². The summed E-state index contributed by atoms with van der Waals surface area (Å²) < 4.78 is 0. The van der Waals surface area contributed by atoms with Crippen molar-refractivity contribution in [3.05, 3.63) is 64.2 Å². The fourth-order valence-electron chi connectivity index (χ4n) is 2.83. The number of amides is 4. The molecule has 4 N–H and O–H groups in total. The smallest absolute Gasteiger partial charge is 0.312 e. The van der Waals surface area contributed by atoms with Crippen molar-refractivity contribution in [2.24, 2.45) is 5.73 Å². The molecule has 0 saturated carbocycles. The maximum absolute atomic E-state index is 12.6. The fraction of sp³-hybridized carbons (Fsp3) is 0.286. The van der Waals surface area contributed by atoms with Crippen LogP contribution in [0.5, 0.6) is 0 Å². The first-order valence-corrected chi connectivity index (χ1v) is 9.46. The lowest BCUT2D eigenvalue weighted by molar-refractivity contribution is -0.133. The van der Waals surface area contributed by atoms with Crippen LogP contribution in [0.25, 0.3) is 0 Å². The number of likely N-dealkylation sites (N-methyl/N-ethyl adjacent to an activating group) is 1. The van der Waals surface area contributed by atoms with E-state index in [0.29, 0.717) is 16.3 Å². The number of carbonyl (C=O) groups excluding carboxylic acids is 3. The minimum atomic E-state index is -0.743. The minimum Gasteiger partial charge on any atom is -0.352 e. The van der Waals surface area contributed by atoms with E-state index in [4.69, 9.17) is 17.3 Å². The maximum Gasteiger partial charge on any atom is 0.312 e. The molecule has 4 amide bonds. The summed E-state index contributed by atoms with van der Waals surface area (Å²) in [7, 11) is 1.54. The third-order valence-electron chi connectivity index (χ3n) is 4.65. The van der Waals surface area contributed by atoms with E-state index < -0.39 is 12.1 Å². The summed E-state index contributed by atoms with van der Waals surface area (Å²) in [5, 5.41) is 5.92. The van der Waals surface area contributed by atoms with Crippen LogP contribution in [0, 0.1) is 13.8 Å². The van der Waals surface area contributed by atoms with Crippen molar-refractivity contribution in [3.8, 4) is 0 Å². The summed E-state index contributed by atoms with van der Waals surface area (Å²) in [6.07, 6.45) is -0.0438. The number of aryl methyl sites for hydroxylation is 1. The van der Waals surface area contributed by atoms with E-state index in [0.717, 1.165) is 11.1 Å². The number of primary amides is 1. The molecule has 0 aliphatic carbocycles. The zero-order valence-electron chi connectivity index (χ0n) is 16.7. The topological polar surface area (TPSA) is 105 Å². The molecule has 0 heterocycles. The van der Waals surface area contributed by atoms with Crippen molar-refractivity contribution in [1.29, 1.82) is 0 Å². The summed E-state index contributed by atoms with van der Waals surface area (Å²) >= 11 is 5.89. The Morgan fingerprint density at radius 1 is 1.10 bits per heavy atom. The summed E-state index contributed by atoms with van der Waals surface area (Å²) in [5.74, 6) is -0.615. The van der Waals surface area contributed by atoms with Gasteiger partial charge in [-0.2, -0.15) is 0 Å². The first-order chi connectivity index (χ1) is 13.7. The Balaban J connectivity index is 2.01. The first-order valence-electron chi connectivity index (χ1n) is 9.09. The standard InChI is InChI=1S/C21H25ClN4O3/c1-13-5-4-6-17(14(13)2)24-19(27)12-26(3)20(28)11-18(25-21(23)29)15-7-9-16(22)10-8-15/h4-10,18H,11-12H2,1-3H3,(H,24,27)(H3,23,25,29)/t18-/m1/s1. The number of urea groups is 1. The van der Waals surface area contributed by atoms with Crippen LogP contribution in [0.15, 0.2) is 42.5 Å². The average molecular weight is 417 g/mol. The van der Waals surface area contributed by atoms with Crippen LogP contribution in [0.1, 0.15) is 29.2 Å². The molecular formula is C21H25ClN4O3. The van der Waals surface area contributed by atoms with Crippen LogP contribution in [0.3, 0.4) is 0 Å². The highest BCUT2D eigenvalue weighted by Gasteiger charge is 2.21. The number of hydrogen-bond acceptors (Lipinski definition) is 3. The van der Waals surface area contributed by atoms with E-state index in [-0.39, 0.29) is 24.8 Å². The van der Waals surface area contributed by atoms with Gasteiger partial charge in [0.2, 0.25) is 11.8 Å². The normalized spacial score (nSPS) is 11.4. The number of nitrogens with two attached hydrogens (primary N) is 1. The number of hydrogen-bond donors (Lipinski definition) is 3. The predicted octanol–water partition coefficient (Wildman–Crippen LogP) is 3.15. The van der Waals surface area contributed by atoms with Gasteiger partial charge in [-0.15, -0.1) is 0 Å². The van der Waals surface area contributed by atoms with Gasteiger partial charge < -0.3 is 21.3 Å². The molecule has 1 atom stereocenters. The van der Waals surface area contributed by atoms with Crippen LogP contribution >= 0.6 is 11.6 Å². The molecular weight excluding hydrogens is 392 g/mol. The summed E-state index contributed by atoms with van der Waals surface area (Å²) in [5.41, 5.74) is 8.68. The fourth-order valence-corrected chi connectivity index (χ4v) is 2.96. The lowest BCUT2D eigenvalue weighted by Crippen LogP contribution is -2.39. The van der Waals surface area contributed by atoms with Gasteiger partial charge in [-0.1, -0.05) is 35.9 Å². The molecule has 2 rings (SSSR count). The van der Waals surface area contributed by atoms with E-state index in [9.17, 15) is 14.4 Å². The molecule has 0 aromatic heterocycles. The number of carbonyl (C=O) groups is 3. The van der Waals surface area contributed by atoms with Gasteiger partial charge >= 0.3 is 6.03 Å². The molecule has 0 spiro atoms. The van der Waals surface area contributed by atoms with E-state index in [1.54, 1.807) is 24.3 Å². The van der Waals surface area contributed by atoms with E-state index in [2.05, 4.69) is 10.6 Å². The third kappa shape index (κ3) is 6.50. The van der Waals surface area contributed by atoms with E-state index in [1.165, 1.54) is 11.9 Å². The summed E-state index contributed by atoms with van der Waals surface area (Å²) in [6, 6.07) is 11.0. The second-order valence-corrected chi connectivity index (χ2v) is 7.30. The lowest BCUT2D eigenvalue weighted by atomic mass is 10.0. The first kappa shape index (κ1) is 22.2. The SMILES string of the molecule is Cc1cccc(NC(=O)CN(C)C(=O)C[C@@H](NC(N)=O)c2ccc(Cl)cc2)c1C. The maximum atomic E-state index is 12.6. The zero-order valence-corrected chi connectivity index (χ0v) is 17.4. The number of nitrogens with zero attached hydrogens (tertiary/aromatic N) is 1. The molecule has 0 fully saturated rings. The molecule has 154 valence electrons. The molecule has 2 aromatic carbocycles. The Bertz CT molecular complexity index is 899. The second kappa shape index (κ2) is 9.93. The van der Waals surface area contributed by atoms with Crippen molar-refractivity contribution in [3.63, 3.8) is 0 Å². The quantitative estimate of drug-likeness (QED) is 0.645. The lowest BCUT2D eigenvalue weighted by Gasteiger charge is -2.22. The second-order valence-electron chi connectivity index (χ2n) is 6.86. The van der Waals surface area contributed by atoms with Crippen molar-refractivity contribution in [2.75, 3.05) is 18.9 Å². The predicted molar refractivity (Wildman–Crippen MR) is 114 cm³/mol. The molecule has 29 heavy (non-hydrogen) atoms. The number of halogens is 1. The molecule has 0 bridgehead atoms. The van der Waals surface area contributed by atoms with Crippen LogP contribution in [0.2, 0.25) is 5.02 Å². The molecule has 0 radical (unpaired) electrons. The Kier molecular flexibility index (Phi) is 7.61. The highest BCUT2D eigenvalue weighted by atomic mass is 35.5. The zero-order chi connectivity index (χ0) is 21.6. The van der Waals surface area contributed by atoms with Gasteiger partial charge in [0.05, 0.1) is 19.0 Å². The molecule has 2 aromatic rings. The van der Waals surface area contributed by atoms with Crippen molar-refractivity contribution < 1.29 is 14.4 Å². The Morgan fingerprint density at radius 3 is 2.38 bits per heavy atom. The average Bonchev–Trinajstić information content (AvgIpc) is 2.65. The molecule has 8 heteroatoms. The van der Waals surface area contributed by atoms with Gasteiger partial charge in [0.1, 0.15) is 0 Å². The van der Waals surface area contributed by atoms with Crippen LogP contribution in [-0.2, 0) is 9.59 Å².